The van der Waals surface area contributed by atoms with Crippen molar-refractivity contribution in [1.82, 2.24) is 0 Å². The highest BCUT2D eigenvalue weighted by Crippen LogP contribution is 2.23. The van der Waals surface area contributed by atoms with Crippen LogP contribution in [0.25, 0.3) is 0 Å². The fraction of sp³-hybridized carbons (Fsp3) is 0.500. The number of hydrogen-bond acceptors (Lipinski definition) is 2. The molecule has 0 aromatic heterocycles. The van der Waals surface area contributed by atoms with Gasteiger partial charge in [0, 0.05) is 12.0 Å². The second kappa shape index (κ2) is 9.91. The van der Waals surface area contributed by atoms with Crippen LogP contribution in [-0.2, 0) is 11.3 Å². The molecule has 0 N–H and O–H groups in total. The minimum Gasteiger partial charge on any atom is -0.493 e. The summed E-state index contributed by atoms with van der Waals surface area (Å²) < 4.78 is 13.0. The van der Waals surface area contributed by atoms with Crippen molar-refractivity contribution in [3.05, 3.63) is 65.2 Å². The number of unbranched alkanes of at least 4 members (excludes halogenated alkanes) is 1. The first kappa shape index (κ1) is 19.9. The van der Waals surface area contributed by atoms with Crippen molar-refractivity contribution in [2.24, 2.45) is 0 Å². The lowest BCUT2D eigenvalue weighted by atomic mass is 10.1. The Morgan fingerprint density at radius 2 is 1.67 bits per heavy atom. The number of ether oxygens (including phenoxy) is 2. The van der Waals surface area contributed by atoms with Crippen molar-refractivity contribution in [3.63, 3.8) is 0 Å². The third-order valence-electron chi connectivity index (χ3n) is 5.67. The maximum Gasteiger partial charge on any atom is 0.125 e. The fourth-order valence-electron chi connectivity index (χ4n) is 4.16. The smallest absolute Gasteiger partial charge is 0.125 e. The SMILES string of the molecule is Cc1cccc(C)c1OCCCC[N+]1(Cc2ccccc2)CCCOCC1. The Kier molecular flexibility index (Phi) is 7.31. The highest BCUT2D eigenvalue weighted by atomic mass is 16.5. The molecule has 146 valence electrons. The van der Waals surface area contributed by atoms with Crippen molar-refractivity contribution in [3.8, 4) is 5.75 Å². The lowest BCUT2D eigenvalue weighted by Crippen LogP contribution is -2.49. The number of aryl methyl sites for hydroxylation is 2. The maximum absolute atomic E-state index is 6.10. The topological polar surface area (TPSA) is 18.5 Å². The number of quaternary nitrogens is 1. The summed E-state index contributed by atoms with van der Waals surface area (Å²) in [6.45, 7) is 11.5. The first-order valence-corrected chi connectivity index (χ1v) is 10.3. The number of benzene rings is 2. The van der Waals surface area contributed by atoms with Crippen molar-refractivity contribution in [2.75, 3.05) is 39.5 Å². The van der Waals surface area contributed by atoms with Crippen LogP contribution in [0.15, 0.2) is 48.5 Å². The largest absolute Gasteiger partial charge is 0.493 e. The van der Waals surface area contributed by atoms with Gasteiger partial charge in [0.1, 0.15) is 18.8 Å². The van der Waals surface area contributed by atoms with Gasteiger partial charge in [0.2, 0.25) is 0 Å². The molecule has 1 saturated heterocycles. The van der Waals surface area contributed by atoms with Crippen LogP contribution in [0, 0.1) is 13.8 Å². The molecular formula is C24H34NO2+. The molecular weight excluding hydrogens is 334 g/mol. The van der Waals surface area contributed by atoms with Crippen molar-refractivity contribution < 1.29 is 14.0 Å². The second-order valence-corrected chi connectivity index (χ2v) is 7.90. The first-order chi connectivity index (χ1) is 13.2. The molecule has 1 atom stereocenters. The van der Waals surface area contributed by atoms with E-state index in [-0.39, 0.29) is 0 Å². The van der Waals surface area contributed by atoms with Crippen LogP contribution < -0.4 is 4.74 Å². The molecule has 1 fully saturated rings. The van der Waals surface area contributed by atoms with Crippen LogP contribution in [0.4, 0.5) is 0 Å². The molecule has 0 spiro atoms. The summed E-state index contributed by atoms with van der Waals surface area (Å²) in [5.74, 6) is 1.06. The van der Waals surface area contributed by atoms with Gasteiger partial charge in [-0.05, 0) is 37.8 Å². The predicted octanol–water partition coefficient (Wildman–Crippen LogP) is 4.90. The van der Waals surface area contributed by atoms with Gasteiger partial charge in [-0.25, -0.2) is 0 Å². The summed E-state index contributed by atoms with van der Waals surface area (Å²) in [4.78, 5) is 0. The molecule has 27 heavy (non-hydrogen) atoms. The van der Waals surface area contributed by atoms with Crippen LogP contribution in [0.2, 0.25) is 0 Å². The quantitative estimate of drug-likeness (QED) is 0.487. The zero-order chi connectivity index (χ0) is 19.0. The number of rotatable bonds is 8. The Morgan fingerprint density at radius 3 is 2.44 bits per heavy atom. The number of nitrogens with zero attached hydrogens (tertiary/aromatic N) is 1. The van der Waals surface area contributed by atoms with E-state index in [2.05, 4.69) is 62.4 Å². The van der Waals surface area contributed by atoms with Crippen LogP contribution in [0.5, 0.6) is 5.75 Å². The summed E-state index contributed by atoms with van der Waals surface area (Å²) in [5.41, 5.74) is 3.89. The highest BCUT2D eigenvalue weighted by Gasteiger charge is 2.28. The lowest BCUT2D eigenvalue weighted by molar-refractivity contribution is -0.939. The standard InChI is InChI=1S/C24H34NO2/c1-21-10-8-11-22(2)24(21)27-18-7-6-14-25(15-9-17-26-19-16-25)20-23-12-4-3-5-13-23/h3-5,8,10-13H,6-7,9,14-20H2,1-2H3/q+1. The molecule has 0 aliphatic carbocycles. The predicted molar refractivity (Wildman–Crippen MR) is 111 cm³/mol. The molecule has 0 saturated carbocycles. The van der Waals surface area contributed by atoms with Crippen LogP contribution in [-0.4, -0.2) is 43.9 Å². The van der Waals surface area contributed by atoms with E-state index < -0.39 is 0 Å². The monoisotopic (exact) mass is 368 g/mol. The summed E-state index contributed by atoms with van der Waals surface area (Å²) in [6.07, 6.45) is 3.45. The van der Waals surface area contributed by atoms with Gasteiger partial charge in [-0.1, -0.05) is 48.5 Å². The van der Waals surface area contributed by atoms with Crippen LogP contribution >= 0.6 is 0 Å². The van der Waals surface area contributed by atoms with Crippen LogP contribution in [0.1, 0.15) is 36.0 Å². The minimum absolute atomic E-state index is 0.799. The summed E-state index contributed by atoms with van der Waals surface area (Å²) in [5, 5.41) is 0. The Morgan fingerprint density at radius 1 is 0.889 bits per heavy atom. The minimum atomic E-state index is 0.799. The van der Waals surface area contributed by atoms with E-state index in [1.165, 1.54) is 36.2 Å². The van der Waals surface area contributed by atoms with Gasteiger partial charge in [-0.15, -0.1) is 0 Å². The van der Waals surface area contributed by atoms with Crippen molar-refractivity contribution in [1.29, 1.82) is 0 Å². The molecule has 3 rings (SSSR count). The van der Waals surface area contributed by atoms with E-state index in [4.69, 9.17) is 9.47 Å². The molecule has 0 radical (unpaired) electrons. The molecule has 1 aliphatic rings. The van der Waals surface area contributed by atoms with Crippen molar-refractivity contribution >= 4 is 0 Å². The first-order valence-electron chi connectivity index (χ1n) is 10.3. The van der Waals surface area contributed by atoms with Gasteiger partial charge in [-0.3, -0.25) is 0 Å². The Balaban J connectivity index is 1.53. The lowest BCUT2D eigenvalue weighted by Gasteiger charge is -2.37. The van der Waals surface area contributed by atoms with Gasteiger partial charge in [-0.2, -0.15) is 0 Å². The van der Waals surface area contributed by atoms with E-state index in [9.17, 15) is 0 Å². The van der Waals surface area contributed by atoms with Crippen LogP contribution in [0.3, 0.4) is 0 Å². The molecule has 3 heteroatoms. The highest BCUT2D eigenvalue weighted by molar-refractivity contribution is 5.39. The molecule has 3 nitrogen and oxygen atoms in total. The van der Waals surface area contributed by atoms with E-state index in [0.717, 1.165) is 56.0 Å². The molecule has 0 amide bonds. The van der Waals surface area contributed by atoms with Gasteiger partial charge in [0.05, 0.1) is 32.9 Å². The van der Waals surface area contributed by atoms with Gasteiger partial charge >= 0.3 is 0 Å². The third-order valence-corrected chi connectivity index (χ3v) is 5.67. The zero-order valence-corrected chi connectivity index (χ0v) is 17.0. The second-order valence-electron chi connectivity index (χ2n) is 7.90. The number of hydrogen-bond donors (Lipinski definition) is 0. The van der Waals surface area contributed by atoms with Gasteiger partial charge in [0.15, 0.2) is 0 Å². The third kappa shape index (κ3) is 5.82. The van der Waals surface area contributed by atoms with E-state index in [1.54, 1.807) is 0 Å². The molecule has 2 aromatic carbocycles. The van der Waals surface area contributed by atoms with Crippen molar-refractivity contribution in [2.45, 2.75) is 39.7 Å². The Labute approximate surface area is 164 Å². The molecule has 1 heterocycles. The van der Waals surface area contributed by atoms with Gasteiger partial charge < -0.3 is 14.0 Å². The number of para-hydroxylation sites is 1. The van der Waals surface area contributed by atoms with E-state index >= 15 is 0 Å². The van der Waals surface area contributed by atoms with E-state index in [1.807, 2.05) is 0 Å². The Bertz CT molecular complexity index is 671. The Hall–Kier alpha value is -1.84. The normalized spacial score (nSPS) is 20.2. The van der Waals surface area contributed by atoms with E-state index in [0.29, 0.717) is 0 Å². The molecule has 1 unspecified atom stereocenters. The van der Waals surface area contributed by atoms with Gasteiger partial charge in [0.25, 0.3) is 0 Å². The molecule has 2 aromatic rings. The fourth-order valence-corrected chi connectivity index (χ4v) is 4.16. The molecule has 1 aliphatic heterocycles. The average molecular weight is 369 g/mol. The average Bonchev–Trinajstić information content (AvgIpc) is 2.90. The summed E-state index contributed by atoms with van der Waals surface area (Å²) in [6, 6.07) is 17.3. The maximum atomic E-state index is 6.10. The summed E-state index contributed by atoms with van der Waals surface area (Å²) >= 11 is 0. The zero-order valence-electron chi connectivity index (χ0n) is 17.0. The summed E-state index contributed by atoms with van der Waals surface area (Å²) in [7, 11) is 0. The molecule has 0 bridgehead atoms.